The number of hydrogen-bond acceptors (Lipinski definition) is 7. The number of para-hydroxylation sites is 1. The van der Waals surface area contributed by atoms with Crippen LogP contribution in [0.3, 0.4) is 0 Å². The van der Waals surface area contributed by atoms with Crippen molar-refractivity contribution in [3.8, 4) is 11.5 Å². The average Bonchev–Trinajstić information content (AvgIpc) is 2.73. The standard InChI is InChI=1S/C19H21NO7S/c1-25-17-7-3-6-16(18(17)21)19(22)27-13-14-4-2-5-15(12-14)28(23,24)20-8-10-26-11-9-20/h2-7,12,21H,8-11,13H2,1H3. The first-order valence-electron chi connectivity index (χ1n) is 8.63. The van der Waals surface area contributed by atoms with E-state index in [2.05, 4.69) is 0 Å². The minimum atomic E-state index is -3.63. The third-order valence-corrected chi connectivity index (χ3v) is 6.21. The summed E-state index contributed by atoms with van der Waals surface area (Å²) in [7, 11) is -2.26. The Morgan fingerprint density at radius 3 is 2.61 bits per heavy atom. The minimum Gasteiger partial charge on any atom is -0.504 e. The lowest BCUT2D eigenvalue weighted by Crippen LogP contribution is -2.40. The van der Waals surface area contributed by atoms with Crippen LogP contribution < -0.4 is 4.74 Å². The Morgan fingerprint density at radius 1 is 1.18 bits per heavy atom. The van der Waals surface area contributed by atoms with Crippen molar-refractivity contribution in [1.29, 1.82) is 0 Å². The maximum absolute atomic E-state index is 12.7. The molecule has 0 spiro atoms. The van der Waals surface area contributed by atoms with Gasteiger partial charge in [0.25, 0.3) is 0 Å². The Morgan fingerprint density at radius 2 is 1.89 bits per heavy atom. The first-order valence-corrected chi connectivity index (χ1v) is 10.1. The molecular formula is C19H21NO7S. The summed E-state index contributed by atoms with van der Waals surface area (Å²) in [5.74, 6) is -0.885. The van der Waals surface area contributed by atoms with Gasteiger partial charge >= 0.3 is 5.97 Å². The fraction of sp³-hybridized carbons (Fsp3) is 0.316. The van der Waals surface area contributed by atoms with E-state index in [1.807, 2.05) is 0 Å². The number of benzene rings is 2. The number of carbonyl (C=O) groups is 1. The first-order chi connectivity index (χ1) is 13.4. The predicted molar refractivity (Wildman–Crippen MR) is 99.8 cm³/mol. The number of methoxy groups -OCH3 is 1. The van der Waals surface area contributed by atoms with Gasteiger partial charge in [-0.25, -0.2) is 13.2 Å². The van der Waals surface area contributed by atoms with Gasteiger partial charge in [0, 0.05) is 13.1 Å². The van der Waals surface area contributed by atoms with E-state index in [1.54, 1.807) is 18.2 Å². The zero-order valence-corrected chi connectivity index (χ0v) is 16.1. The maximum Gasteiger partial charge on any atom is 0.342 e. The summed E-state index contributed by atoms with van der Waals surface area (Å²) < 4.78 is 42.2. The zero-order chi connectivity index (χ0) is 20.1. The summed E-state index contributed by atoms with van der Waals surface area (Å²) in [5, 5.41) is 10.0. The molecule has 0 aliphatic carbocycles. The van der Waals surface area contributed by atoms with Crippen LogP contribution in [0.1, 0.15) is 15.9 Å². The number of morpholine rings is 1. The van der Waals surface area contributed by atoms with Crippen LogP contribution >= 0.6 is 0 Å². The van der Waals surface area contributed by atoms with E-state index in [1.165, 1.54) is 35.7 Å². The van der Waals surface area contributed by atoms with Crippen LogP contribution in [0.25, 0.3) is 0 Å². The summed E-state index contributed by atoms with van der Waals surface area (Å²) in [4.78, 5) is 12.4. The van der Waals surface area contributed by atoms with Gasteiger partial charge in [0.2, 0.25) is 10.0 Å². The van der Waals surface area contributed by atoms with E-state index in [9.17, 15) is 18.3 Å². The van der Waals surface area contributed by atoms with Gasteiger partial charge in [-0.2, -0.15) is 4.31 Å². The first kappa shape index (κ1) is 20.1. The van der Waals surface area contributed by atoms with Crippen molar-refractivity contribution in [2.24, 2.45) is 0 Å². The summed E-state index contributed by atoms with van der Waals surface area (Å²) in [6.07, 6.45) is 0. The van der Waals surface area contributed by atoms with Gasteiger partial charge in [0.05, 0.1) is 25.2 Å². The molecule has 0 radical (unpaired) electrons. The molecule has 0 amide bonds. The number of nitrogens with zero attached hydrogens (tertiary/aromatic N) is 1. The van der Waals surface area contributed by atoms with Crippen LogP contribution in [-0.4, -0.2) is 57.2 Å². The highest BCUT2D eigenvalue weighted by atomic mass is 32.2. The third kappa shape index (κ3) is 4.27. The van der Waals surface area contributed by atoms with E-state index < -0.39 is 16.0 Å². The molecule has 9 heteroatoms. The molecule has 2 aromatic carbocycles. The number of phenolic OH excluding ortho intramolecular Hbond substituents is 1. The van der Waals surface area contributed by atoms with Gasteiger partial charge in [-0.1, -0.05) is 18.2 Å². The molecule has 0 bridgehead atoms. The smallest absolute Gasteiger partial charge is 0.342 e. The highest BCUT2D eigenvalue weighted by molar-refractivity contribution is 7.89. The Balaban J connectivity index is 1.72. The van der Waals surface area contributed by atoms with Gasteiger partial charge in [-0.3, -0.25) is 0 Å². The van der Waals surface area contributed by atoms with Crippen molar-refractivity contribution < 1.29 is 32.5 Å². The Hall–Kier alpha value is -2.62. The second-order valence-corrected chi connectivity index (χ2v) is 8.03. The van der Waals surface area contributed by atoms with Crippen LogP contribution in [0, 0.1) is 0 Å². The molecule has 0 unspecified atom stereocenters. The minimum absolute atomic E-state index is 0.0311. The van der Waals surface area contributed by atoms with E-state index in [4.69, 9.17) is 14.2 Å². The predicted octanol–water partition coefficient (Wildman–Crippen LogP) is 1.78. The third-order valence-electron chi connectivity index (χ3n) is 4.32. The molecule has 28 heavy (non-hydrogen) atoms. The number of rotatable bonds is 6. The molecule has 1 aliphatic rings. The Labute approximate surface area is 163 Å². The quantitative estimate of drug-likeness (QED) is 0.728. The molecule has 2 aromatic rings. The van der Waals surface area contributed by atoms with Crippen molar-refractivity contribution in [2.45, 2.75) is 11.5 Å². The second-order valence-electron chi connectivity index (χ2n) is 6.10. The van der Waals surface area contributed by atoms with E-state index in [0.717, 1.165) is 0 Å². The number of ether oxygens (including phenoxy) is 3. The lowest BCUT2D eigenvalue weighted by atomic mass is 10.2. The summed E-state index contributed by atoms with van der Waals surface area (Å²) in [6.45, 7) is 1.19. The molecule has 1 heterocycles. The molecule has 0 atom stereocenters. The Bertz CT molecular complexity index is 953. The van der Waals surface area contributed by atoms with Crippen LogP contribution in [0.4, 0.5) is 0 Å². The van der Waals surface area contributed by atoms with Crippen molar-refractivity contribution in [1.82, 2.24) is 4.31 Å². The van der Waals surface area contributed by atoms with E-state index >= 15 is 0 Å². The number of phenols is 1. The summed E-state index contributed by atoms with van der Waals surface area (Å²) in [5.41, 5.74) is 0.488. The molecule has 1 N–H and O–H groups in total. The average molecular weight is 407 g/mol. The zero-order valence-electron chi connectivity index (χ0n) is 15.3. The maximum atomic E-state index is 12.7. The molecule has 1 fully saturated rings. The highest BCUT2D eigenvalue weighted by Crippen LogP contribution is 2.30. The number of hydrogen-bond donors (Lipinski definition) is 1. The molecule has 0 saturated carbocycles. The second kappa shape index (κ2) is 8.59. The van der Waals surface area contributed by atoms with Crippen molar-refractivity contribution >= 4 is 16.0 Å². The summed E-state index contributed by atoms with van der Waals surface area (Å²) in [6, 6.07) is 10.7. The van der Waals surface area contributed by atoms with Crippen LogP contribution in [0.2, 0.25) is 0 Å². The van der Waals surface area contributed by atoms with Gasteiger partial charge in [-0.05, 0) is 29.8 Å². The topological polar surface area (TPSA) is 102 Å². The highest BCUT2D eigenvalue weighted by Gasteiger charge is 2.26. The number of sulfonamides is 1. The van der Waals surface area contributed by atoms with Crippen LogP contribution in [0.5, 0.6) is 11.5 Å². The molecule has 8 nitrogen and oxygen atoms in total. The normalized spacial score (nSPS) is 15.2. The van der Waals surface area contributed by atoms with Crippen LogP contribution in [-0.2, 0) is 26.1 Å². The van der Waals surface area contributed by atoms with Crippen molar-refractivity contribution in [3.05, 3.63) is 53.6 Å². The molecule has 0 aromatic heterocycles. The monoisotopic (exact) mass is 407 g/mol. The lowest BCUT2D eigenvalue weighted by molar-refractivity contribution is 0.0468. The lowest BCUT2D eigenvalue weighted by Gasteiger charge is -2.26. The summed E-state index contributed by atoms with van der Waals surface area (Å²) >= 11 is 0. The van der Waals surface area contributed by atoms with Crippen molar-refractivity contribution in [2.75, 3.05) is 33.4 Å². The van der Waals surface area contributed by atoms with Gasteiger partial charge in [0.1, 0.15) is 12.2 Å². The number of carbonyl (C=O) groups excluding carboxylic acids is 1. The number of aromatic hydroxyl groups is 1. The van der Waals surface area contributed by atoms with E-state index in [-0.39, 0.29) is 28.6 Å². The Kier molecular flexibility index (Phi) is 6.18. The van der Waals surface area contributed by atoms with E-state index in [0.29, 0.717) is 31.9 Å². The van der Waals surface area contributed by atoms with Crippen LogP contribution in [0.15, 0.2) is 47.4 Å². The van der Waals surface area contributed by atoms with Crippen molar-refractivity contribution in [3.63, 3.8) is 0 Å². The molecular weight excluding hydrogens is 386 g/mol. The molecule has 1 saturated heterocycles. The van der Waals surface area contributed by atoms with Gasteiger partial charge in [-0.15, -0.1) is 0 Å². The van der Waals surface area contributed by atoms with Gasteiger partial charge < -0.3 is 19.3 Å². The largest absolute Gasteiger partial charge is 0.504 e. The molecule has 3 rings (SSSR count). The van der Waals surface area contributed by atoms with Gasteiger partial charge in [0.15, 0.2) is 11.5 Å². The molecule has 150 valence electrons. The molecule has 1 aliphatic heterocycles. The fourth-order valence-corrected chi connectivity index (χ4v) is 4.29. The number of esters is 1. The fourth-order valence-electron chi connectivity index (χ4n) is 2.81. The SMILES string of the molecule is COc1cccc(C(=O)OCc2cccc(S(=O)(=O)N3CCOCC3)c2)c1O.